The van der Waals surface area contributed by atoms with Crippen molar-refractivity contribution in [3.05, 3.63) is 35.4 Å². The molecule has 0 aliphatic heterocycles. The Bertz CT molecular complexity index is 548. The molecule has 0 spiro atoms. The molecule has 0 saturated heterocycles. The Hall–Kier alpha value is -0.910. The highest BCUT2D eigenvalue weighted by molar-refractivity contribution is 7.88. The first kappa shape index (κ1) is 16.5. The van der Waals surface area contributed by atoms with E-state index in [0.29, 0.717) is 6.04 Å². The molecule has 0 unspecified atom stereocenters. The number of sulfonamides is 1. The Balaban J connectivity index is 1.95. The minimum Gasteiger partial charge on any atom is -0.310 e. The average molecular weight is 310 g/mol. The summed E-state index contributed by atoms with van der Waals surface area (Å²) in [5.41, 5.74) is 2.03. The van der Waals surface area contributed by atoms with Gasteiger partial charge in [0.1, 0.15) is 0 Å². The van der Waals surface area contributed by atoms with Gasteiger partial charge in [0, 0.05) is 25.7 Å². The average Bonchev–Trinajstić information content (AvgIpc) is 2.35. The molecular weight excluding hydrogens is 284 g/mol. The Kier molecular flexibility index (Phi) is 5.41. The van der Waals surface area contributed by atoms with Crippen molar-refractivity contribution >= 4 is 10.0 Å². The van der Waals surface area contributed by atoms with E-state index in [1.165, 1.54) is 5.56 Å². The van der Waals surface area contributed by atoms with Gasteiger partial charge in [0.25, 0.3) is 0 Å². The lowest BCUT2D eigenvalue weighted by atomic mass is 9.94. The molecule has 1 aliphatic carbocycles. The van der Waals surface area contributed by atoms with Crippen molar-refractivity contribution in [1.29, 1.82) is 0 Å². The van der Waals surface area contributed by atoms with Gasteiger partial charge in [-0.05, 0) is 24.0 Å². The molecule has 21 heavy (non-hydrogen) atoms. The van der Waals surface area contributed by atoms with Gasteiger partial charge in [-0.1, -0.05) is 44.5 Å². The van der Waals surface area contributed by atoms with Crippen LogP contribution in [0.2, 0.25) is 0 Å². The molecule has 0 radical (unpaired) electrons. The number of hydrogen-bond acceptors (Lipinski definition) is 3. The van der Waals surface area contributed by atoms with Gasteiger partial charge < -0.3 is 5.32 Å². The highest BCUT2D eigenvalue weighted by Gasteiger charge is 2.30. The Labute approximate surface area is 128 Å². The van der Waals surface area contributed by atoms with Crippen molar-refractivity contribution in [2.75, 3.05) is 7.05 Å². The van der Waals surface area contributed by atoms with Crippen LogP contribution in [0, 0.1) is 0 Å². The Morgan fingerprint density at radius 3 is 2.24 bits per heavy atom. The van der Waals surface area contributed by atoms with E-state index in [9.17, 15) is 8.42 Å². The minimum absolute atomic E-state index is 0.0951. The number of nitrogens with zero attached hydrogens (tertiary/aromatic N) is 1. The molecule has 1 aromatic rings. The third-order valence-corrected chi connectivity index (χ3v) is 5.99. The topological polar surface area (TPSA) is 49.4 Å². The van der Waals surface area contributed by atoms with Crippen LogP contribution in [0.4, 0.5) is 0 Å². The molecule has 1 N–H and O–H groups in total. The van der Waals surface area contributed by atoms with E-state index in [0.717, 1.165) is 31.4 Å². The molecule has 1 aliphatic rings. The summed E-state index contributed by atoms with van der Waals surface area (Å²) in [5.74, 6) is 0.0951. The number of hydrogen-bond donors (Lipinski definition) is 1. The number of benzene rings is 1. The maximum absolute atomic E-state index is 12.3. The van der Waals surface area contributed by atoms with Crippen LogP contribution < -0.4 is 5.32 Å². The van der Waals surface area contributed by atoms with Crippen LogP contribution in [0.5, 0.6) is 0 Å². The summed E-state index contributed by atoms with van der Waals surface area (Å²) in [5, 5.41) is 3.35. The zero-order chi connectivity index (χ0) is 15.5. The molecule has 1 saturated carbocycles. The first-order valence-electron chi connectivity index (χ1n) is 7.65. The third-order valence-electron chi connectivity index (χ3n) is 4.11. The van der Waals surface area contributed by atoms with Crippen LogP contribution >= 0.6 is 0 Å². The zero-order valence-corrected chi connectivity index (χ0v) is 14.0. The molecule has 4 nitrogen and oxygen atoms in total. The molecular formula is C16H26N2O2S. The second-order valence-electron chi connectivity index (χ2n) is 6.21. The summed E-state index contributed by atoms with van der Waals surface area (Å²) in [6, 6.07) is 8.51. The summed E-state index contributed by atoms with van der Waals surface area (Å²) in [7, 11) is -1.49. The molecule has 2 rings (SSSR count). The van der Waals surface area contributed by atoms with E-state index in [2.05, 4.69) is 19.2 Å². The van der Waals surface area contributed by atoms with Gasteiger partial charge in [-0.3, -0.25) is 0 Å². The van der Waals surface area contributed by atoms with Gasteiger partial charge in [-0.15, -0.1) is 0 Å². The summed E-state index contributed by atoms with van der Waals surface area (Å²) in [4.78, 5) is 0. The minimum atomic E-state index is -3.19. The molecule has 1 fully saturated rings. The fraction of sp³-hybridized carbons (Fsp3) is 0.625. The zero-order valence-electron chi connectivity index (χ0n) is 13.2. The second-order valence-corrected chi connectivity index (χ2v) is 8.24. The van der Waals surface area contributed by atoms with Crippen LogP contribution in [-0.2, 0) is 22.3 Å². The highest BCUT2D eigenvalue weighted by Crippen LogP contribution is 2.26. The largest absolute Gasteiger partial charge is 0.310 e. The van der Waals surface area contributed by atoms with Gasteiger partial charge in [-0.25, -0.2) is 12.7 Å². The van der Waals surface area contributed by atoms with E-state index in [1.807, 2.05) is 24.3 Å². The first-order chi connectivity index (χ1) is 9.88. The van der Waals surface area contributed by atoms with Gasteiger partial charge in [0.05, 0.1) is 5.75 Å². The normalized spacial score (nSPS) is 16.4. The molecule has 0 amide bonds. The first-order valence-corrected chi connectivity index (χ1v) is 9.26. The fourth-order valence-corrected chi connectivity index (χ4v) is 3.85. The van der Waals surface area contributed by atoms with Crippen molar-refractivity contribution < 1.29 is 8.42 Å². The number of rotatable bonds is 7. The lowest BCUT2D eigenvalue weighted by molar-refractivity contribution is 0.249. The molecule has 0 aromatic heterocycles. The van der Waals surface area contributed by atoms with Gasteiger partial charge in [0.15, 0.2) is 0 Å². The SMILES string of the molecule is CC(C)NCc1ccc(CS(=O)(=O)N(C)C2CCC2)cc1. The lowest BCUT2D eigenvalue weighted by Gasteiger charge is -2.33. The third kappa shape index (κ3) is 4.53. The van der Waals surface area contributed by atoms with E-state index < -0.39 is 10.0 Å². The lowest BCUT2D eigenvalue weighted by Crippen LogP contribution is -2.41. The van der Waals surface area contributed by atoms with Crippen molar-refractivity contribution in [2.45, 2.75) is 57.5 Å². The smallest absolute Gasteiger partial charge is 0.218 e. The molecule has 0 bridgehead atoms. The van der Waals surface area contributed by atoms with E-state index in [-0.39, 0.29) is 11.8 Å². The van der Waals surface area contributed by atoms with Crippen LogP contribution in [0.15, 0.2) is 24.3 Å². The van der Waals surface area contributed by atoms with Gasteiger partial charge >= 0.3 is 0 Å². The second kappa shape index (κ2) is 6.90. The number of nitrogens with one attached hydrogen (secondary N) is 1. The van der Waals surface area contributed by atoms with Crippen molar-refractivity contribution in [3.63, 3.8) is 0 Å². The monoisotopic (exact) mass is 310 g/mol. The van der Waals surface area contributed by atoms with Crippen LogP contribution in [0.25, 0.3) is 0 Å². The quantitative estimate of drug-likeness (QED) is 0.842. The van der Waals surface area contributed by atoms with Gasteiger partial charge in [-0.2, -0.15) is 0 Å². The fourth-order valence-electron chi connectivity index (χ4n) is 2.37. The van der Waals surface area contributed by atoms with Crippen molar-refractivity contribution in [1.82, 2.24) is 9.62 Å². The summed E-state index contributed by atoms with van der Waals surface area (Å²) in [6.07, 6.45) is 3.13. The summed E-state index contributed by atoms with van der Waals surface area (Å²) in [6.45, 7) is 5.03. The molecule has 118 valence electrons. The highest BCUT2D eigenvalue weighted by atomic mass is 32.2. The Morgan fingerprint density at radius 2 is 1.76 bits per heavy atom. The predicted molar refractivity (Wildman–Crippen MR) is 86.4 cm³/mol. The van der Waals surface area contributed by atoms with Gasteiger partial charge in [0.2, 0.25) is 10.0 Å². The van der Waals surface area contributed by atoms with Crippen LogP contribution in [0.1, 0.15) is 44.2 Å². The van der Waals surface area contributed by atoms with Crippen molar-refractivity contribution in [2.24, 2.45) is 0 Å². The maximum atomic E-state index is 12.3. The van der Waals surface area contributed by atoms with Crippen LogP contribution in [-0.4, -0.2) is 31.9 Å². The van der Waals surface area contributed by atoms with E-state index in [1.54, 1.807) is 11.4 Å². The van der Waals surface area contributed by atoms with Crippen molar-refractivity contribution in [3.8, 4) is 0 Å². The molecule has 5 heteroatoms. The van der Waals surface area contributed by atoms with E-state index in [4.69, 9.17) is 0 Å². The standard InChI is InChI=1S/C16H26N2O2S/c1-13(2)17-11-14-7-9-15(10-8-14)12-21(19,20)18(3)16-5-4-6-16/h7-10,13,16-17H,4-6,11-12H2,1-3H3. The maximum Gasteiger partial charge on any atom is 0.218 e. The predicted octanol–water partition coefficient (Wildman–Crippen LogP) is 2.50. The van der Waals surface area contributed by atoms with Crippen LogP contribution in [0.3, 0.4) is 0 Å². The molecule has 0 atom stereocenters. The molecule has 1 aromatic carbocycles. The van der Waals surface area contributed by atoms with E-state index >= 15 is 0 Å². The summed E-state index contributed by atoms with van der Waals surface area (Å²) >= 11 is 0. The summed E-state index contributed by atoms with van der Waals surface area (Å²) < 4.78 is 26.3. The molecule has 0 heterocycles. The Morgan fingerprint density at radius 1 is 1.19 bits per heavy atom.